The Bertz CT molecular complexity index is 1630. The second kappa shape index (κ2) is 10.8. The molecule has 4 aromatic rings. The van der Waals surface area contributed by atoms with Crippen LogP contribution in [0.1, 0.15) is 53.4 Å². The van der Waals surface area contributed by atoms with Crippen molar-refractivity contribution in [3.63, 3.8) is 0 Å². The molecule has 39 heavy (non-hydrogen) atoms. The molecule has 1 unspecified atom stereocenters. The summed E-state index contributed by atoms with van der Waals surface area (Å²) in [5, 5.41) is 10.8. The number of esters is 1. The summed E-state index contributed by atoms with van der Waals surface area (Å²) in [7, 11) is 0. The summed E-state index contributed by atoms with van der Waals surface area (Å²) in [6.45, 7) is 6.76. The lowest BCUT2D eigenvalue weighted by molar-refractivity contribution is 0.0702. The number of hydrogen-bond donors (Lipinski definition) is 1. The number of hydrogen-bond acceptors (Lipinski definition) is 8. The van der Waals surface area contributed by atoms with Gasteiger partial charge in [0.25, 0.3) is 0 Å². The van der Waals surface area contributed by atoms with E-state index in [0.29, 0.717) is 47.2 Å². The third-order valence-corrected chi connectivity index (χ3v) is 6.49. The predicted molar refractivity (Wildman–Crippen MR) is 145 cm³/mol. The summed E-state index contributed by atoms with van der Waals surface area (Å²) in [6.07, 6.45) is 0.862. The maximum absolute atomic E-state index is 13.0. The highest BCUT2D eigenvalue weighted by atomic mass is 16.5. The van der Waals surface area contributed by atoms with Crippen LogP contribution in [0, 0.1) is 18.3 Å². The maximum atomic E-state index is 13.0. The van der Waals surface area contributed by atoms with Crippen LogP contribution in [0.4, 0.5) is 0 Å². The minimum absolute atomic E-state index is 0.0177. The largest absolute Gasteiger partial charge is 0.490 e. The van der Waals surface area contributed by atoms with Gasteiger partial charge in [0.2, 0.25) is 11.6 Å². The van der Waals surface area contributed by atoms with Crippen molar-refractivity contribution >= 4 is 16.9 Å². The van der Waals surface area contributed by atoms with Crippen LogP contribution in [0.25, 0.3) is 11.0 Å². The summed E-state index contributed by atoms with van der Waals surface area (Å²) >= 11 is 0. The Morgan fingerprint density at radius 2 is 1.87 bits per heavy atom. The van der Waals surface area contributed by atoms with Gasteiger partial charge in [-0.2, -0.15) is 5.26 Å². The Morgan fingerprint density at radius 1 is 1.05 bits per heavy atom. The average Bonchev–Trinajstić information content (AvgIpc) is 3.28. The first-order valence-corrected chi connectivity index (χ1v) is 12.8. The van der Waals surface area contributed by atoms with Crippen LogP contribution in [-0.2, 0) is 0 Å². The number of fused-ring (bicyclic) bond motifs is 2. The molecule has 3 aromatic carbocycles. The summed E-state index contributed by atoms with van der Waals surface area (Å²) in [5.74, 6) is 0.828. The smallest absolute Gasteiger partial charge is 0.379 e. The van der Waals surface area contributed by atoms with Gasteiger partial charge in [0, 0.05) is 22.6 Å². The van der Waals surface area contributed by atoms with Gasteiger partial charge in [0.15, 0.2) is 11.5 Å². The van der Waals surface area contributed by atoms with Crippen LogP contribution >= 0.6 is 0 Å². The van der Waals surface area contributed by atoms with Gasteiger partial charge in [0.1, 0.15) is 28.7 Å². The topological polar surface area (TPSA) is 117 Å². The van der Waals surface area contributed by atoms with Gasteiger partial charge >= 0.3 is 5.97 Å². The van der Waals surface area contributed by atoms with Gasteiger partial charge in [-0.25, -0.2) is 4.79 Å². The Hall–Kier alpha value is -4.90. The number of nitrogens with zero attached hydrogens (tertiary/aromatic N) is 1. The minimum atomic E-state index is -0.624. The Morgan fingerprint density at radius 3 is 2.62 bits per heavy atom. The van der Waals surface area contributed by atoms with E-state index >= 15 is 0 Å². The van der Waals surface area contributed by atoms with E-state index in [2.05, 4.69) is 6.07 Å². The van der Waals surface area contributed by atoms with Crippen LogP contribution in [0.15, 0.2) is 76.5 Å². The number of benzene rings is 3. The van der Waals surface area contributed by atoms with E-state index in [1.807, 2.05) is 57.2 Å². The van der Waals surface area contributed by atoms with E-state index in [-0.39, 0.29) is 23.0 Å². The number of allylic oxidation sites excluding steroid dienone is 1. The van der Waals surface area contributed by atoms with Gasteiger partial charge in [-0.1, -0.05) is 37.3 Å². The van der Waals surface area contributed by atoms with E-state index in [0.717, 1.165) is 17.4 Å². The van der Waals surface area contributed by atoms with Crippen LogP contribution in [0.3, 0.4) is 0 Å². The number of nitriles is 1. The maximum Gasteiger partial charge on any atom is 0.379 e. The molecule has 0 bridgehead atoms. The normalized spacial score (nSPS) is 14.4. The van der Waals surface area contributed by atoms with Crippen molar-refractivity contribution in [3.8, 4) is 29.1 Å². The first-order chi connectivity index (χ1) is 18.9. The molecule has 5 rings (SSSR count). The van der Waals surface area contributed by atoms with E-state index in [9.17, 15) is 10.1 Å². The van der Waals surface area contributed by atoms with Crippen LogP contribution < -0.4 is 24.7 Å². The third-order valence-electron chi connectivity index (χ3n) is 6.49. The Kier molecular flexibility index (Phi) is 7.15. The molecule has 0 aliphatic carbocycles. The van der Waals surface area contributed by atoms with Crippen LogP contribution in [0.2, 0.25) is 0 Å². The van der Waals surface area contributed by atoms with Gasteiger partial charge in [0.05, 0.1) is 19.1 Å². The number of ether oxygens (including phenoxy) is 4. The lowest BCUT2D eigenvalue weighted by atomic mass is 9.83. The SMILES string of the molecule is CCCOc1ccc(C2C(C#N)=C(N)Oc3cc(OC(=O)c4oc5ccccc5c4C)ccc32)cc1OCC. The second-order valence-corrected chi connectivity index (χ2v) is 9.05. The summed E-state index contributed by atoms with van der Waals surface area (Å²) in [5.41, 5.74) is 9.25. The molecule has 8 heteroatoms. The average molecular weight is 525 g/mol. The van der Waals surface area contributed by atoms with Crippen molar-refractivity contribution in [2.75, 3.05) is 13.2 Å². The lowest BCUT2D eigenvalue weighted by Gasteiger charge is -2.27. The number of aryl methyl sites for hydroxylation is 1. The standard InChI is InChI=1S/C31H28N2O6/c1-4-14-36-25-13-10-19(15-27(25)35-5-2)28-22-12-11-20(16-26(22)39-30(33)23(28)17-32)37-31(34)29-18(3)21-8-6-7-9-24(21)38-29/h6-13,15-16,28H,4-5,14,33H2,1-3H3. The molecule has 1 aliphatic rings. The molecule has 2 heterocycles. The van der Waals surface area contributed by atoms with Gasteiger partial charge in [-0.05, 0) is 50.1 Å². The highest BCUT2D eigenvalue weighted by Gasteiger charge is 2.32. The number of furan rings is 1. The zero-order valence-electron chi connectivity index (χ0n) is 21.9. The highest BCUT2D eigenvalue weighted by Crippen LogP contribution is 2.45. The molecule has 1 atom stereocenters. The summed E-state index contributed by atoms with van der Waals surface area (Å²) in [4.78, 5) is 13.0. The number of carbonyl (C=O) groups is 1. The molecule has 0 radical (unpaired) electrons. The van der Waals surface area contributed by atoms with Crippen molar-refractivity contribution in [1.29, 1.82) is 5.26 Å². The summed E-state index contributed by atoms with van der Waals surface area (Å²) < 4.78 is 28.9. The lowest BCUT2D eigenvalue weighted by Crippen LogP contribution is -2.21. The zero-order valence-corrected chi connectivity index (χ0v) is 21.9. The first-order valence-electron chi connectivity index (χ1n) is 12.8. The van der Waals surface area contributed by atoms with Crippen molar-refractivity contribution < 1.29 is 28.2 Å². The van der Waals surface area contributed by atoms with E-state index in [1.54, 1.807) is 24.3 Å². The molecule has 8 nitrogen and oxygen atoms in total. The minimum Gasteiger partial charge on any atom is -0.490 e. The molecular weight excluding hydrogens is 496 g/mol. The van der Waals surface area contributed by atoms with Crippen molar-refractivity contribution in [2.24, 2.45) is 5.73 Å². The van der Waals surface area contributed by atoms with Gasteiger partial charge in [-0.15, -0.1) is 0 Å². The fourth-order valence-electron chi connectivity index (χ4n) is 4.67. The molecule has 1 aliphatic heterocycles. The van der Waals surface area contributed by atoms with E-state index < -0.39 is 11.9 Å². The van der Waals surface area contributed by atoms with Crippen LogP contribution in [-0.4, -0.2) is 19.2 Å². The van der Waals surface area contributed by atoms with Gasteiger partial charge in [-0.3, -0.25) is 0 Å². The van der Waals surface area contributed by atoms with Crippen molar-refractivity contribution in [3.05, 3.63) is 94.6 Å². The number of carbonyl (C=O) groups excluding carboxylic acids is 1. The third kappa shape index (κ3) is 4.87. The van der Waals surface area contributed by atoms with Crippen LogP contribution in [0.5, 0.6) is 23.0 Å². The quantitative estimate of drug-likeness (QED) is 0.209. The Balaban J connectivity index is 1.48. The zero-order chi connectivity index (χ0) is 27.5. The molecule has 0 saturated heterocycles. The molecule has 2 N–H and O–H groups in total. The molecule has 0 spiro atoms. The van der Waals surface area contributed by atoms with Gasteiger partial charge < -0.3 is 29.1 Å². The Labute approximate surface area is 226 Å². The second-order valence-electron chi connectivity index (χ2n) is 9.05. The monoisotopic (exact) mass is 524 g/mol. The number of para-hydroxylation sites is 1. The number of nitrogens with two attached hydrogens (primary N) is 1. The molecule has 1 aromatic heterocycles. The molecule has 198 valence electrons. The van der Waals surface area contributed by atoms with Crippen molar-refractivity contribution in [1.82, 2.24) is 0 Å². The molecule has 0 fully saturated rings. The molecule has 0 saturated carbocycles. The highest BCUT2D eigenvalue weighted by molar-refractivity contribution is 5.96. The molecule has 0 amide bonds. The van der Waals surface area contributed by atoms with E-state index in [4.69, 9.17) is 29.1 Å². The van der Waals surface area contributed by atoms with Crippen molar-refractivity contribution in [2.45, 2.75) is 33.1 Å². The van der Waals surface area contributed by atoms with E-state index in [1.165, 1.54) is 0 Å². The predicted octanol–water partition coefficient (Wildman–Crippen LogP) is 6.37. The first kappa shape index (κ1) is 25.7. The fraction of sp³-hybridized carbons (Fsp3) is 0.226. The molecular formula is C31H28N2O6. The fourth-order valence-corrected chi connectivity index (χ4v) is 4.67. The number of rotatable bonds is 8. The summed E-state index contributed by atoms with van der Waals surface area (Å²) in [6, 6.07) is 20.2.